The number of benzene rings is 1. The maximum Gasteiger partial charge on any atom is 0.410 e. The number of rotatable bonds is 4. The molecule has 1 unspecified atom stereocenters. The second-order valence-corrected chi connectivity index (χ2v) is 8.83. The number of carbonyl (C=O) groups is 2. The lowest BCUT2D eigenvalue weighted by molar-refractivity contribution is -0.00255. The molecule has 3 rings (SSSR count). The van der Waals surface area contributed by atoms with Crippen LogP contribution in [0.2, 0.25) is 0 Å². The van der Waals surface area contributed by atoms with Crippen molar-refractivity contribution < 1.29 is 19.1 Å². The topological polar surface area (TPSA) is 67.9 Å². The van der Waals surface area contributed by atoms with E-state index < -0.39 is 11.7 Å². The third-order valence-corrected chi connectivity index (χ3v) is 5.28. The van der Waals surface area contributed by atoms with Crippen molar-refractivity contribution in [3.8, 4) is 0 Å². The van der Waals surface area contributed by atoms with Gasteiger partial charge in [0.25, 0.3) is 0 Å². The van der Waals surface area contributed by atoms with Crippen LogP contribution in [0.4, 0.5) is 9.59 Å². The van der Waals surface area contributed by atoms with Gasteiger partial charge in [0.1, 0.15) is 12.2 Å². The van der Waals surface area contributed by atoms with Crippen LogP contribution in [-0.4, -0.2) is 41.3 Å². The Kier molecular flexibility index (Phi) is 7.19. The lowest BCUT2D eigenvalue weighted by Gasteiger charge is -2.44. The number of nitrogens with zero attached hydrogens (tertiary/aromatic N) is 1. The number of alkyl carbamates (subject to hydrolysis) is 1. The van der Waals surface area contributed by atoms with Crippen molar-refractivity contribution in [3.05, 3.63) is 60.2 Å². The quantitative estimate of drug-likeness (QED) is 0.770. The third kappa shape index (κ3) is 6.12. The van der Waals surface area contributed by atoms with Crippen molar-refractivity contribution in [1.29, 1.82) is 0 Å². The first-order valence-corrected chi connectivity index (χ1v) is 10.6. The summed E-state index contributed by atoms with van der Waals surface area (Å²) in [6, 6.07) is 9.20. The molecule has 6 nitrogen and oxygen atoms in total. The highest BCUT2D eigenvalue weighted by molar-refractivity contribution is 5.70. The summed E-state index contributed by atoms with van der Waals surface area (Å²) in [5.74, 6) is 0.113. The van der Waals surface area contributed by atoms with Crippen LogP contribution in [-0.2, 0) is 16.1 Å². The van der Waals surface area contributed by atoms with E-state index in [2.05, 4.69) is 17.5 Å². The molecule has 162 valence electrons. The van der Waals surface area contributed by atoms with Crippen molar-refractivity contribution in [2.75, 3.05) is 6.54 Å². The normalized spacial score (nSPS) is 23.7. The van der Waals surface area contributed by atoms with Crippen molar-refractivity contribution in [2.45, 2.75) is 64.3 Å². The van der Waals surface area contributed by atoms with Crippen molar-refractivity contribution in [2.24, 2.45) is 5.92 Å². The van der Waals surface area contributed by atoms with E-state index in [0.717, 1.165) is 24.8 Å². The lowest BCUT2D eigenvalue weighted by atomic mass is 9.83. The smallest absolute Gasteiger partial charge is 0.410 e. The van der Waals surface area contributed by atoms with E-state index in [9.17, 15) is 9.59 Å². The van der Waals surface area contributed by atoms with E-state index in [0.29, 0.717) is 6.54 Å². The Labute approximate surface area is 178 Å². The van der Waals surface area contributed by atoms with Crippen LogP contribution in [0.25, 0.3) is 0 Å². The highest BCUT2D eigenvalue weighted by Gasteiger charge is 2.41. The second kappa shape index (κ2) is 9.83. The number of amides is 2. The Morgan fingerprint density at radius 1 is 1.17 bits per heavy atom. The summed E-state index contributed by atoms with van der Waals surface area (Å²) >= 11 is 0. The molecule has 0 spiro atoms. The largest absolute Gasteiger partial charge is 0.445 e. The molecule has 0 aromatic heterocycles. The average Bonchev–Trinajstić information content (AvgIpc) is 2.72. The molecular formula is C24H32N2O4. The molecule has 1 aliphatic carbocycles. The zero-order valence-corrected chi connectivity index (χ0v) is 18.0. The van der Waals surface area contributed by atoms with Gasteiger partial charge < -0.3 is 19.7 Å². The SMILES string of the molecule is CC(C)(C)OC(=O)N1CCC[C@H](NC(=O)OCc2ccccc2)C1[C@@H]1C=CC=CC1. The maximum atomic E-state index is 12.9. The van der Waals surface area contributed by atoms with Gasteiger partial charge in [-0.1, -0.05) is 54.6 Å². The molecular weight excluding hydrogens is 380 g/mol. The predicted octanol–water partition coefficient (Wildman–Crippen LogP) is 4.81. The van der Waals surface area contributed by atoms with Gasteiger partial charge in [0.05, 0.1) is 12.1 Å². The van der Waals surface area contributed by atoms with Crippen molar-refractivity contribution in [3.63, 3.8) is 0 Å². The van der Waals surface area contributed by atoms with Crippen molar-refractivity contribution >= 4 is 12.2 Å². The summed E-state index contributed by atoms with van der Waals surface area (Å²) < 4.78 is 11.1. The summed E-state index contributed by atoms with van der Waals surface area (Å²) in [5, 5.41) is 3.02. The van der Waals surface area contributed by atoms with Gasteiger partial charge in [-0.2, -0.15) is 0 Å². The van der Waals surface area contributed by atoms with Gasteiger partial charge >= 0.3 is 12.2 Å². The molecule has 3 atom stereocenters. The number of nitrogens with one attached hydrogen (secondary N) is 1. The third-order valence-electron chi connectivity index (χ3n) is 5.28. The molecule has 0 bridgehead atoms. The molecule has 1 aliphatic heterocycles. The molecule has 1 heterocycles. The molecule has 1 fully saturated rings. The molecule has 1 aromatic rings. The van der Waals surface area contributed by atoms with E-state index in [1.807, 2.05) is 63.3 Å². The molecule has 2 amide bonds. The van der Waals surface area contributed by atoms with Crippen LogP contribution in [0.3, 0.4) is 0 Å². The first-order chi connectivity index (χ1) is 14.3. The monoisotopic (exact) mass is 412 g/mol. The number of carbonyl (C=O) groups excluding carboxylic acids is 2. The lowest BCUT2D eigenvalue weighted by Crippen LogP contribution is -2.60. The van der Waals surface area contributed by atoms with Gasteiger partial charge in [-0.3, -0.25) is 0 Å². The molecule has 2 aliphatic rings. The second-order valence-electron chi connectivity index (χ2n) is 8.83. The van der Waals surface area contributed by atoms with Gasteiger partial charge in [-0.25, -0.2) is 9.59 Å². The number of likely N-dealkylation sites (tertiary alicyclic amines) is 1. The molecule has 1 saturated heterocycles. The summed E-state index contributed by atoms with van der Waals surface area (Å²) in [4.78, 5) is 27.2. The predicted molar refractivity (Wildman–Crippen MR) is 116 cm³/mol. The zero-order chi connectivity index (χ0) is 21.6. The molecule has 0 saturated carbocycles. The summed E-state index contributed by atoms with van der Waals surface area (Å²) in [7, 11) is 0. The molecule has 30 heavy (non-hydrogen) atoms. The summed E-state index contributed by atoms with van der Waals surface area (Å²) in [6.45, 7) is 6.42. The van der Waals surface area contributed by atoms with E-state index in [1.165, 1.54) is 0 Å². The van der Waals surface area contributed by atoms with Gasteiger partial charge in [-0.05, 0) is 45.6 Å². The first-order valence-electron chi connectivity index (χ1n) is 10.6. The van der Waals surface area contributed by atoms with Crippen molar-refractivity contribution in [1.82, 2.24) is 10.2 Å². The first kappa shape index (κ1) is 21.9. The minimum atomic E-state index is -0.571. The Morgan fingerprint density at radius 2 is 1.93 bits per heavy atom. The van der Waals surface area contributed by atoms with Crippen LogP contribution in [0.1, 0.15) is 45.6 Å². The number of hydrogen-bond donors (Lipinski definition) is 1. The number of allylic oxidation sites excluding steroid dienone is 3. The Bertz CT molecular complexity index is 782. The molecule has 1 aromatic carbocycles. The maximum absolute atomic E-state index is 12.9. The highest BCUT2D eigenvalue weighted by Crippen LogP contribution is 2.30. The summed E-state index contributed by atoms with van der Waals surface area (Å²) in [6.07, 6.45) is 9.82. The molecule has 1 N–H and O–H groups in total. The fourth-order valence-electron chi connectivity index (χ4n) is 4.01. The van der Waals surface area contributed by atoms with E-state index >= 15 is 0 Å². The Balaban J connectivity index is 1.70. The van der Waals surface area contributed by atoms with Crippen LogP contribution in [0.5, 0.6) is 0 Å². The van der Waals surface area contributed by atoms with E-state index in [1.54, 1.807) is 4.90 Å². The van der Waals surface area contributed by atoms with Gasteiger partial charge in [-0.15, -0.1) is 0 Å². The number of piperidine rings is 1. The average molecular weight is 413 g/mol. The summed E-state index contributed by atoms with van der Waals surface area (Å²) in [5.41, 5.74) is 0.363. The fraction of sp³-hybridized carbons (Fsp3) is 0.500. The number of ether oxygens (including phenoxy) is 2. The van der Waals surface area contributed by atoms with Gasteiger partial charge in [0, 0.05) is 12.5 Å². The zero-order valence-electron chi connectivity index (χ0n) is 18.0. The molecule has 0 radical (unpaired) electrons. The standard InChI is InChI=1S/C24H32N2O4/c1-24(2,3)30-23(28)26-16-10-15-20(21(26)19-13-8-5-9-14-19)25-22(27)29-17-18-11-6-4-7-12-18/h4-9,11-13,19-21H,10,14-17H2,1-3H3,(H,25,27)/t19-,20+,21?/m1/s1. The Morgan fingerprint density at radius 3 is 2.60 bits per heavy atom. The van der Waals surface area contributed by atoms with E-state index in [-0.39, 0.29) is 30.7 Å². The van der Waals surface area contributed by atoms with Gasteiger partial charge in [0.2, 0.25) is 0 Å². The minimum Gasteiger partial charge on any atom is -0.445 e. The van der Waals surface area contributed by atoms with Crippen LogP contribution < -0.4 is 5.32 Å². The fourth-order valence-corrected chi connectivity index (χ4v) is 4.01. The molecule has 6 heteroatoms. The van der Waals surface area contributed by atoms with Gasteiger partial charge in [0.15, 0.2) is 0 Å². The Hall–Kier alpha value is -2.76. The number of hydrogen-bond acceptors (Lipinski definition) is 4. The van der Waals surface area contributed by atoms with Crippen LogP contribution in [0.15, 0.2) is 54.6 Å². The van der Waals surface area contributed by atoms with Crippen LogP contribution >= 0.6 is 0 Å². The minimum absolute atomic E-state index is 0.113. The van der Waals surface area contributed by atoms with E-state index in [4.69, 9.17) is 9.47 Å². The van der Waals surface area contributed by atoms with Crippen LogP contribution in [0, 0.1) is 5.92 Å². The highest BCUT2D eigenvalue weighted by atomic mass is 16.6.